The number of rotatable bonds is 6. The second-order valence-corrected chi connectivity index (χ2v) is 6.31. The second kappa shape index (κ2) is 6.65. The highest BCUT2D eigenvalue weighted by atomic mass is 32.2. The van der Waals surface area contributed by atoms with Crippen molar-refractivity contribution in [1.82, 2.24) is 5.32 Å². The normalized spacial score (nSPS) is 13.0. The van der Waals surface area contributed by atoms with Gasteiger partial charge in [-0.05, 0) is 20.3 Å². The Kier molecular flexibility index (Phi) is 6.28. The van der Waals surface area contributed by atoms with E-state index in [2.05, 4.69) is 5.32 Å². The minimum atomic E-state index is -3.06. The van der Waals surface area contributed by atoms with Crippen LogP contribution in [0, 0.1) is 0 Å². The zero-order valence-electron chi connectivity index (χ0n) is 9.99. The van der Waals surface area contributed by atoms with Gasteiger partial charge in [-0.15, -0.1) is 0 Å². The maximum Gasteiger partial charge on any atom is 0.237 e. The lowest BCUT2D eigenvalue weighted by molar-refractivity contribution is -0.122. The van der Waals surface area contributed by atoms with E-state index in [1.165, 1.54) is 0 Å². The molecule has 1 amide bonds. The number of sulfone groups is 1. The Morgan fingerprint density at radius 2 is 2.00 bits per heavy atom. The first-order chi connectivity index (χ1) is 7.22. The highest BCUT2D eigenvalue weighted by molar-refractivity contribution is 7.90. The Hall–Kier alpha value is -0.880. The summed E-state index contributed by atoms with van der Waals surface area (Å²) in [5.74, 6) is -0.384. The molecule has 0 aromatic heterocycles. The fourth-order valence-electron chi connectivity index (χ4n) is 0.959. The third-order valence-electron chi connectivity index (χ3n) is 1.92. The van der Waals surface area contributed by atoms with E-state index in [0.29, 0.717) is 6.54 Å². The molecule has 0 saturated carbocycles. The fraction of sp³-hybridized carbons (Fsp3) is 0.700. The lowest BCUT2D eigenvalue weighted by atomic mass is 10.2. The van der Waals surface area contributed by atoms with Crippen LogP contribution in [0.1, 0.15) is 20.3 Å². The van der Waals surface area contributed by atoms with Crippen LogP contribution >= 0.6 is 0 Å². The van der Waals surface area contributed by atoms with Gasteiger partial charge >= 0.3 is 0 Å². The van der Waals surface area contributed by atoms with Gasteiger partial charge in [0.2, 0.25) is 5.91 Å². The van der Waals surface area contributed by atoms with Crippen LogP contribution in [0.3, 0.4) is 0 Å². The van der Waals surface area contributed by atoms with Crippen molar-refractivity contribution in [2.24, 2.45) is 5.73 Å². The Bertz CT molecular complexity index is 356. The monoisotopic (exact) mass is 248 g/mol. The van der Waals surface area contributed by atoms with Crippen molar-refractivity contribution < 1.29 is 13.2 Å². The van der Waals surface area contributed by atoms with E-state index in [1.807, 2.05) is 19.9 Å². The quantitative estimate of drug-likeness (QED) is 0.639. The molecule has 1 atom stereocenters. The molecule has 0 rings (SSSR count). The van der Waals surface area contributed by atoms with Gasteiger partial charge in [0.1, 0.15) is 9.84 Å². The molecule has 3 N–H and O–H groups in total. The van der Waals surface area contributed by atoms with Gasteiger partial charge in [-0.1, -0.05) is 11.6 Å². The predicted molar refractivity (Wildman–Crippen MR) is 64.7 cm³/mol. The van der Waals surface area contributed by atoms with Gasteiger partial charge < -0.3 is 11.1 Å². The van der Waals surface area contributed by atoms with Crippen molar-refractivity contribution in [3.05, 3.63) is 11.6 Å². The van der Waals surface area contributed by atoms with E-state index in [-0.39, 0.29) is 18.1 Å². The third kappa shape index (κ3) is 8.43. The summed E-state index contributed by atoms with van der Waals surface area (Å²) >= 11 is 0. The molecule has 0 radical (unpaired) electrons. The second-order valence-electron chi connectivity index (χ2n) is 4.05. The van der Waals surface area contributed by atoms with Crippen molar-refractivity contribution in [3.8, 4) is 0 Å². The van der Waals surface area contributed by atoms with Crippen LogP contribution in [0.4, 0.5) is 0 Å². The molecule has 0 fully saturated rings. The summed E-state index contributed by atoms with van der Waals surface area (Å²) in [5, 5.41) is 2.61. The van der Waals surface area contributed by atoms with Crippen LogP contribution < -0.4 is 11.1 Å². The molecule has 0 bridgehead atoms. The van der Waals surface area contributed by atoms with E-state index < -0.39 is 15.9 Å². The smallest absolute Gasteiger partial charge is 0.237 e. The predicted octanol–water partition coefficient (Wildman–Crippen LogP) is -0.169. The average molecular weight is 248 g/mol. The lowest BCUT2D eigenvalue weighted by Gasteiger charge is -2.10. The van der Waals surface area contributed by atoms with Gasteiger partial charge in [-0.25, -0.2) is 8.42 Å². The van der Waals surface area contributed by atoms with Crippen molar-refractivity contribution >= 4 is 15.7 Å². The largest absolute Gasteiger partial charge is 0.351 e. The van der Waals surface area contributed by atoms with Gasteiger partial charge in [0.25, 0.3) is 0 Å². The van der Waals surface area contributed by atoms with E-state index in [1.54, 1.807) is 0 Å². The van der Waals surface area contributed by atoms with E-state index in [9.17, 15) is 13.2 Å². The molecular formula is C10H20N2O3S. The van der Waals surface area contributed by atoms with Crippen LogP contribution in [-0.2, 0) is 14.6 Å². The zero-order chi connectivity index (χ0) is 12.8. The number of allylic oxidation sites excluding steroid dienone is 1. The summed E-state index contributed by atoms with van der Waals surface area (Å²) in [6.45, 7) is 4.28. The lowest BCUT2D eigenvalue weighted by Crippen LogP contribution is -2.41. The summed E-state index contributed by atoms with van der Waals surface area (Å²) in [6, 6.07) is -0.764. The van der Waals surface area contributed by atoms with Gasteiger partial charge in [-0.3, -0.25) is 4.79 Å². The van der Waals surface area contributed by atoms with Crippen LogP contribution in [0.25, 0.3) is 0 Å². The van der Waals surface area contributed by atoms with Gasteiger partial charge in [0.05, 0.1) is 11.8 Å². The maximum atomic E-state index is 11.4. The zero-order valence-corrected chi connectivity index (χ0v) is 10.8. The Balaban J connectivity index is 3.96. The number of nitrogens with two attached hydrogens (primary N) is 1. The van der Waals surface area contributed by atoms with E-state index >= 15 is 0 Å². The molecule has 94 valence electrons. The van der Waals surface area contributed by atoms with Crippen molar-refractivity contribution in [2.45, 2.75) is 26.3 Å². The molecule has 5 nitrogen and oxygen atoms in total. The molecule has 1 unspecified atom stereocenters. The first-order valence-electron chi connectivity index (χ1n) is 5.07. The summed E-state index contributed by atoms with van der Waals surface area (Å²) in [5.41, 5.74) is 6.65. The molecule has 0 aromatic carbocycles. The first-order valence-corrected chi connectivity index (χ1v) is 7.13. The van der Waals surface area contributed by atoms with Crippen molar-refractivity contribution in [2.75, 3.05) is 18.6 Å². The average Bonchev–Trinajstić information content (AvgIpc) is 2.12. The first kappa shape index (κ1) is 15.1. The van der Waals surface area contributed by atoms with Gasteiger partial charge in [0, 0.05) is 12.8 Å². The Morgan fingerprint density at radius 3 is 2.44 bits per heavy atom. The Morgan fingerprint density at radius 1 is 1.44 bits per heavy atom. The summed E-state index contributed by atoms with van der Waals surface area (Å²) < 4.78 is 21.7. The van der Waals surface area contributed by atoms with Crippen LogP contribution in [-0.4, -0.2) is 38.9 Å². The number of carbonyl (C=O) groups is 1. The number of hydrogen-bond donors (Lipinski definition) is 2. The van der Waals surface area contributed by atoms with Crippen molar-refractivity contribution in [3.63, 3.8) is 0 Å². The molecule has 16 heavy (non-hydrogen) atoms. The summed E-state index contributed by atoms with van der Waals surface area (Å²) in [7, 11) is -3.06. The number of amides is 1. The third-order valence-corrected chi connectivity index (χ3v) is 2.90. The van der Waals surface area contributed by atoms with Gasteiger partial charge in [0.15, 0.2) is 0 Å². The number of hydrogen-bond acceptors (Lipinski definition) is 4. The SMILES string of the molecule is CC(C)=CCNC(=O)C(N)CCS(C)(=O)=O. The minimum absolute atomic E-state index is 0.0652. The van der Waals surface area contributed by atoms with Crippen LogP contribution in [0.5, 0.6) is 0 Å². The Labute approximate surface area is 97.0 Å². The molecular weight excluding hydrogens is 228 g/mol. The van der Waals surface area contributed by atoms with E-state index in [4.69, 9.17) is 5.73 Å². The summed E-state index contributed by atoms with van der Waals surface area (Å²) in [4.78, 5) is 11.4. The molecule has 0 aliphatic rings. The number of carbonyl (C=O) groups excluding carboxylic acids is 1. The molecule has 6 heteroatoms. The standard InChI is InChI=1S/C10H20N2O3S/c1-8(2)4-6-12-10(13)9(11)5-7-16(3,14)15/h4,9H,5-7,11H2,1-3H3,(H,12,13). The topological polar surface area (TPSA) is 89.3 Å². The number of nitrogens with one attached hydrogen (secondary N) is 1. The van der Waals surface area contributed by atoms with Gasteiger partial charge in [-0.2, -0.15) is 0 Å². The fourth-order valence-corrected chi connectivity index (χ4v) is 1.64. The molecule has 0 aliphatic heterocycles. The maximum absolute atomic E-state index is 11.4. The highest BCUT2D eigenvalue weighted by Crippen LogP contribution is 1.94. The van der Waals surface area contributed by atoms with E-state index in [0.717, 1.165) is 11.8 Å². The van der Waals surface area contributed by atoms with Crippen molar-refractivity contribution in [1.29, 1.82) is 0 Å². The summed E-state index contributed by atoms with van der Waals surface area (Å²) in [6.07, 6.45) is 3.14. The van der Waals surface area contributed by atoms with Crippen LogP contribution in [0.2, 0.25) is 0 Å². The molecule has 0 saturated heterocycles. The molecule has 0 spiro atoms. The molecule has 0 aromatic rings. The van der Waals surface area contributed by atoms with Crippen LogP contribution in [0.15, 0.2) is 11.6 Å². The molecule has 0 heterocycles. The minimum Gasteiger partial charge on any atom is -0.351 e. The molecule has 0 aliphatic carbocycles. The highest BCUT2D eigenvalue weighted by Gasteiger charge is 2.14.